The van der Waals surface area contributed by atoms with Crippen molar-refractivity contribution < 1.29 is 14.3 Å². The monoisotopic (exact) mass is 459 g/mol. The van der Waals surface area contributed by atoms with Crippen LogP contribution >= 0.6 is 0 Å². The topological polar surface area (TPSA) is 38.8 Å². The molecule has 5 aliphatic rings. The predicted molar refractivity (Wildman–Crippen MR) is 135 cm³/mol. The summed E-state index contributed by atoms with van der Waals surface area (Å²) < 4.78 is 13.5. The Morgan fingerprint density at radius 3 is 2.56 bits per heavy atom. The van der Waals surface area contributed by atoms with Crippen molar-refractivity contribution in [3.05, 3.63) is 64.8 Å². The van der Waals surface area contributed by atoms with Crippen molar-refractivity contribution >= 4 is 11.5 Å². The van der Waals surface area contributed by atoms with Crippen LogP contribution in [-0.2, 0) is 14.3 Å². The molecular formula is C30H37NO3. The molecule has 4 heteroatoms. The van der Waals surface area contributed by atoms with E-state index in [-0.39, 0.29) is 22.9 Å². The van der Waals surface area contributed by atoms with Crippen molar-refractivity contribution in [2.24, 2.45) is 17.3 Å². The van der Waals surface area contributed by atoms with Crippen LogP contribution in [0.25, 0.3) is 0 Å². The Balaban J connectivity index is 1.50. The number of ether oxygens (including phenoxy) is 2. The summed E-state index contributed by atoms with van der Waals surface area (Å²) in [7, 11) is 4.15. The SMILES string of the molecule is C=C1CCO[C@]12CC[C@H]1[C@@H]3CCC4=CC(=O)CCC4=C3[C@@H](c3ccc(N(C)C)cc3)OC[C@@]12C. The first kappa shape index (κ1) is 22.3. The first-order valence-electron chi connectivity index (χ1n) is 13.0. The van der Waals surface area contributed by atoms with Crippen LogP contribution < -0.4 is 4.90 Å². The first-order chi connectivity index (χ1) is 16.3. The van der Waals surface area contributed by atoms with E-state index < -0.39 is 0 Å². The van der Waals surface area contributed by atoms with Crippen LogP contribution in [0.4, 0.5) is 5.69 Å². The quantitative estimate of drug-likeness (QED) is 0.512. The maximum absolute atomic E-state index is 12.3. The summed E-state index contributed by atoms with van der Waals surface area (Å²) in [5, 5.41) is 0. The molecule has 0 N–H and O–H groups in total. The highest BCUT2D eigenvalue weighted by molar-refractivity contribution is 5.93. The minimum Gasteiger partial charge on any atom is -0.378 e. The largest absolute Gasteiger partial charge is 0.378 e. The van der Waals surface area contributed by atoms with Gasteiger partial charge in [-0.05, 0) is 96.4 Å². The number of hydrogen-bond donors (Lipinski definition) is 0. The minimum atomic E-state index is -0.254. The fourth-order valence-corrected chi connectivity index (χ4v) is 7.95. The van der Waals surface area contributed by atoms with Gasteiger partial charge >= 0.3 is 0 Å². The number of carbonyl (C=O) groups excluding carboxylic acids is 1. The lowest BCUT2D eigenvalue weighted by Gasteiger charge is -2.45. The van der Waals surface area contributed by atoms with Crippen molar-refractivity contribution in [2.45, 2.75) is 63.6 Å². The first-order valence-corrected chi connectivity index (χ1v) is 13.0. The van der Waals surface area contributed by atoms with Gasteiger partial charge in [0.15, 0.2) is 5.78 Å². The third kappa shape index (κ3) is 3.07. The lowest BCUT2D eigenvalue weighted by Crippen LogP contribution is -2.49. The standard InChI is InChI=1S/C30H37NO3/c1-19-14-16-34-30(19)15-13-26-25-11-7-21-17-23(32)10-12-24(21)27(25)28(33-18-29(26,30)2)20-5-8-22(9-6-20)31(3)4/h5-6,8-9,17,25-26,28H,1,7,10-16,18H2,2-4H3/t25-,26-,28+,29-,30+/m0/s1. The number of fused-ring (bicyclic) bond motifs is 5. The third-order valence-corrected chi connectivity index (χ3v) is 9.72. The third-order valence-electron chi connectivity index (χ3n) is 9.72. The van der Waals surface area contributed by atoms with Gasteiger partial charge in [-0.3, -0.25) is 4.79 Å². The van der Waals surface area contributed by atoms with Crippen LogP contribution in [0.3, 0.4) is 0 Å². The van der Waals surface area contributed by atoms with E-state index in [2.05, 4.69) is 56.8 Å². The molecule has 3 aliphatic carbocycles. The van der Waals surface area contributed by atoms with Crippen molar-refractivity contribution in [3.8, 4) is 0 Å². The molecule has 2 heterocycles. The zero-order valence-electron chi connectivity index (χ0n) is 20.9. The molecular weight excluding hydrogens is 422 g/mol. The lowest BCUT2D eigenvalue weighted by molar-refractivity contribution is -0.114. The zero-order valence-corrected chi connectivity index (χ0v) is 20.9. The Morgan fingerprint density at radius 1 is 1.06 bits per heavy atom. The molecule has 0 amide bonds. The fraction of sp³-hybridized carbons (Fsp3) is 0.567. The molecule has 2 saturated heterocycles. The van der Waals surface area contributed by atoms with Crippen LogP contribution in [0, 0.1) is 17.3 Å². The fourth-order valence-electron chi connectivity index (χ4n) is 7.95. The normalized spacial score (nSPS) is 37.3. The molecule has 1 aromatic rings. The van der Waals surface area contributed by atoms with Gasteiger partial charge in [0.05, 0.1) is 18.8 Å². The van der Waals surface area contributed by atoms with E-state index >= 15 is 0 Å². The molecule has 2 aliphatic heterocycles. The van der Waals surface area contributed by atoms with Gasteiger partial charge in [0.2, 0.25) is 0 Å². The molecule has 6 rings (SSSR count). The molecule has 0 aromatic heterocycles. The Labute approximate surface area is 203 Å². The molecule has 5 atom stereocenters. The van der Waals surface area contributed by atoms with Gasteiger partial charge in [0, 0.05) is 31.6 Å². The summed E-state index contributed by atoms with van der Waals surface area (Å²) in [6.07, 6.45) is 8.60. The van der Waals surface area contributed by atoms with E-state index in [4.69, 9.17) is 9.47 Å². The van der Waals surface area contributed by atoms with E-state index in [9.17, 15) is 4.79 Å². The molecule has 4 nitrogen and oxygen atoms in total. The van der Waals surface area contributed by atoms with E-state index in [0.29, 0.717) is 24.9 Å². The lowest BCUT2D eigenvalue weighted by atomic mass is 9.61. The summed E-state index contributed by atoms with van der Waals surface area (Å²) >= 11 is 0. The summed E-state index contributed by atoms with van der Waals surface area (Å²) in [4.78, 5) is 14.4. The van der Waals surface area contributed by atoms with Crippen LogP contribution in [0.2, 0.25) is 0 Å². The number of ketones is 1. The highest BCUT2D eigenvalue weighted by atomic mass is 16.5. The number of carbonyl (C=O) groups is 1. The average molecular weight is 460 g/mol. The Hall–Kier alpha value is -2.17. The van der Waals surface area contributed by atoms with Gasteiger partial charge in [0.1, 0.15) is 6.10 Å². The van der Waals surface area contributed by atoms with E-state index in [1.165, 1.54) is 33.5 Å². The number of nitrogens with zero attached hydrogens (tertiary/aromatic N) is 1. The molecule has 3 fully saturated rings. The van der Waals surface area contributed by atoms with Crippen molar-refractivity contribution in [1.29, 1.82) is 0 Å². The Kier molecular flexibility index (Phi) is 5.20. The average Bonchev–Trinajstić information content (AvgIpc) is 3.30. The van der Waals surface area contributed by atoms with Crippen LogP contribution in [0.15, 0.2) is 59.2 Å². The van der Waals surface area contributed by atoms with Gasteiger partial charge in [0.25, 0.3) is 0 Å². The van der Waals surface area contributed by atoms with Gasteiger partial charge in [-0.15, -0.1) is 0 Å². The predicted octanol–water partition coefficient (Wildman–Crippen LogP) is 5.95. The number of rotatable bonds is 2. The molecule has 0 radical (unpaired) electrons. The molecule has 0 bridgehead atoms. The Morgan fingerprint density at radius 2 is 1.85 bits per heavy atom. The van der Waals surface area contributed by atoms with Gasteiger partial charge in [-0.1, -0.05) is 25.6 Å². The van der Waals surface area contributed by atoms with E-state index in [1.807, 2.05) is 6.08 Å². The minimum absolute atomic E-state index is 0.0674. The van der Waals surface area contributed by atoms with Gasteiger partial charge in [-0.25, -0.2) is 0 Å². The number of anilines is 1. The van der Waals surface area contributed by atoms with Crippen LogP contribution in [0.1, 0.15) is 63.5 Å². The highest BCUT2D eigenvalue weighted by Gasteiger charge is 2.64. The summed E-state index contributed by atoms with van der Waals surface area (Å²) in [6, 6.07) is 8.86. The Bertz CT molecular complexity index is 1100. The van der Waals surface area contributed by atoms with Crippen LogP contribution in [0.5, 0.6) is 0 Å². The molecule has 1 aromatic carbocycles. The number of hydrogen-bond acceptors (Lipinski definition) is 4. The maximum atomic E-state index is 12.3. The van der Waals surface area contributed by atoms with Crippen molar-refractivity contribution in [1.82, 2.24) is 0 Å². The molecule has 0 unspecified atom stereocenters. The van der Waals surface area contributed by atoms with Crippen molar-refractivity contribution in [2.75, 3.05) is 32.2 Å². The summed E-state index contributed by atoms with van der Waals surface area (Å²) in [5.74, 6) is 1.25. The maximum Gasteiger partial charge on any atom is 0.156 e. The van der Waals surface area contributed by atoms with Gasteiger partial charge in [-0.2, -0.15) is 0 Å². The van der Waals surface area contributed by atoms with E-state index in [0.717, 1.165) is 45.1 Å². The second-order valence-corrected chi connectivity index (χ2v) is 11.5. The molecule has 1 spiro atoms. The molecule has 1 saturated carbocycles. The van der Waals surface area contributed by atoms with E-state index in [1.54, 1.807) is 0 Å². The second-order valence-electron chi connectivity index (χ2n) is 11.5. The van der Waals surface area contributed by atoms with Crippen molar-refractivity contribution in [3.63, 3.8) is 0 Å². The number of benzene rings is 1. The van der Waals surface area contributed by atoms with Gasteiger partial charge < -0.3 is 14.4 Å². The summed E-state index contributed by atoms with van der Waals surface area (Å²) in [6.45, 7) is 8.37. The molecule has 180 valence electrons. The molecule has 34 heavy (non-hydrogen) atoms. The highest BCUT2D eigenvalue weighted by Crippen LogP contribution is 2.65. The second kappa shape index (κ2) is 7.93. The summed E-state index contributed by atoms with van der Waals surface area (Å²) in [5.41, 5.74) is 7.47. The number of allylic oxidation sites excluding steroid dienone is 3. The smallest absolute Gasteiger partial charge is 0.156 e. The van der Waals surface area contributed by atoms with Crippen LogP contribution in [-0.4, -0.2) is 38.7 Å². The zero-order chi connectivity index (χ0) is 23.7.